The first-order valence-electron chi connectivity index (χ1n) is 8.32. The molecular formula is C17H20N6O3. The van der Waals surface area contributed by atoms with E-state index in [0.29, 0.717) is 24.5 Å². The molecule has 3 aromatic heterocycles. The smallest absolute Gasteiger partial charge is 0.271 e. The van der Waals surface area contributed by atoms with Crippen molar-refractivity contribution >= 4 is 17.5 Å². The van der Waals surface area contributed by atoms with Gasteiger partial charge in [-0.15, -0.1) is 0 Å². The van der Waals surface area contributed by atoms with Crippen molar-refractivity contribution in [1.82, 2.24) is 25.0 Å². The quantitative estimate of drug-likeness (QED) is 0.513. The standard InChI is InChI=1S/C17H20N6O3/c1-2-5-19-6-7-20-17(25)12-9-11(13-4-3-8-26-13)22-16-14(15(18)24)21-10-23(12)16/h3-4,8-10,19H,2,5-7H2,1H3,(H2,18,24)(H,20,25). The summed E-state index contributed by atoms with van der Waals surface area (Å²) < 4.78 is 6.80. The van der Waals surface area contributed by atoms with E-state index in [2.05, 4.69) is 27.5 Å². The molecule has 3 aromatic rings. The number of amides is 2. The van der Waals surface area contributed by atoms with E-state index >= 15 is 0 Å². The number of aromatic nitrogens is 3. The highest BCUT2D eigenvalue weighted by atomic mass is 16.3. The summed E-state index contributed by atoms with van der Waals surface area (Å²) in [5.41, 5.74) is 6.27. The molecule has 26 heavy (non-hydrogen) atoms. The topological polar surface area (TPSA) is 128 Å². The Morgan fingerprint density at radius 3 is 2.85 bits per heavy atom. The van der Waals surface area contributed by atoms with Crippen LogP contribution in [0.1, 0.15) is 34.3 Å². The summed E-state index contributed by atoms with van der Waals surface area (Å²) in [6, 6.07) is 5.02. The maximum atomic E-state index is 12.6. The van der Waals surface area contributed by atoms with Crippen LogP contribution in [0.4, 0.5) is 0 Å². The molecule has 0 spiro atoms. The molecular weight excluding hydrogens is 336 g/mol. The Labute approximate surface area is 149 Å². The summed E-state index contributed by atoms with van der Waals surface area (Å²) in [5, 5.41) is 6.05. The van der Waals surface area contributed by atoms with Crippen LogP contribution in [0.3, 0.4) is 0 Å². The van der Waals surface area contributed by atoms with Crippen LogP contribution in [-0.2, 0) is 0 Å². The highest BCUT2D eigenvalue weighted by molar-refractivity contribution is 5.99. The van der Waals surface area contributed by atoms with Gasteiger partial charge in [-0.05, 0) is 31.2 Å². The first-order chi connectivity index (χ1) is 12.6. The molecule has 0 atom stereocenters. The molecule has 0 aromatic carbocycles. The molecule has 0 fully saturated rings. The third-order valence-corrected chi connectivity index (χ3v) is 3.76. The lowest BCUT2D eigenvalue weighted by Gasteiger charge is -2.09. The SMILES string of the molecule is CCCNCCNC(=O)c1cc(-c2ccco2)nc2c(C(N)=O)ncn12. The molecule has 0 saturated heterocycles. The van der Waals surface area contributed by atoms with Crippen LogP contribution < -0.4 is 16.4 Å². The van der Waals surface area contributed by atoms with Gasteiger partial charge >= 0.3 is 0 Å². The van der Waals surface area contributed by atoms with E-state index < -0.39 is 5.91 Å². The third kappa shape index (κ3) is 3.57. The normalized spacial score (nSPS) is 11.0. The number of nitrogens with zero attached hydrogens (tertiary/aromatic N) is 3. The van der Waals surface area contributed by atoms with E-state index in [1.165, 1.54) is 17.0 Å². The van der Waals surface area contributed by atoms with Crippen molar-refractivity contribution < 1.29 is 14.0 Å². The molecule has 0 radical (unpaired) electrons. The van der Waals surface area contributed by atoms with E-state index in [4.69, 9.17) is 10.2 Å². The van der Waals surface area contributed by atoms with Gasteiger partial charge in [0.05, 0.1) is 6.26 Å². The van der Waals surface area contributed by atoms with E-state index in [1.54, 1.807) is 18.2 Å². The first-order valence-corrected chi connectivity index (χ1v) is 8.32. The maximum absolute atomic E-state index is 12.6. The number of rotatable bonds is 8. The molecule has 4 N–H and O–H groups in total. The minimum Gasteiger partial charge on any atom is -0.463 e. The Morgan fingerprint density at radius 2 is 2.15 bits per heavy atom. The second-order valence-corrected chi connectivity index (χ2v) is 5.66. The summed E-state index contributed by atoms with van der Waals surface area (Å²) >= 11 is 0. The average Bonchev–Trinajstić information content (AvgIpc) is 3.29. The van der Waals surface area contributed by atoms with Gasteiger partial charge < -0.3 is 20.8 Å². The molecule has 136 valence electrons. The van der Waals surface area contributed by atoms with Crippen molar-refractivity contribution in [2.24, 2.45) is 5.73 Å². The zero-order chi connectivity index (χ0) is 18.5. The Bertz CT molecular complexity index is 916. The lowest BCUT2D eigenvalue weighted by atomic mass is 10.2. The largest absolute Gasteiger partial charge is 0.463 e. The van der Waals surface area contributed by atoms with E-state index in [1.807, 2.05) is 0 Å². The minimum absolute atomic E-state index is 0.00271. The van der Waals surface area contributed by atoms with Gasteiger partial charge in [0.25, 0.3) is 11.8 Å². The van der Waals surface area contributed by atoms with Crippen LogP contribution in [0, 0.1) is 0 Å². The highest BCUT2D eigenvalue weighted by Crippen LogP contribution is 2.21. The lowest BCUT2D eigenvalue weighted by Crippen LogP contribution is -2.33. The number of hydrogen-bond acceptors (Lipinski definition) is 6. The number of primary amides is 1. The number of nitrogens with one attached hydrogen (secondary N) is 2. The van der Waals surface area contributed by atoms with Crippen LogP contribution in [0.5, 0.6) is 0 Å². The van der Waals surface area contributed by atoms with Crippen molar-refractivity contribution in [3.63, 3.8) is 0 Å². The molecule has 3 rings (SSSR count). The Kier molecular flexibility index (Phi) is 5.28. The zero-order valence-corrected chi connectivity index (χ0v) is 14.4. The van der Waals surface area contributed by atoms with Gasteiger partial charge in [-0.2, -0.15) is 0 Å². The second-order valence-electron chi connectivity index (χ2n) is 5.66. The summed E-state index contributed by atoms with van der Waals surface area (Å²) in [4.78, 5) is 32.6. The maximum Gasteiger partial charge on any atom is 0.271 e. The molecule has 0 aliphatic carbocycles. The fourth-order valence-electron chi connectivity index (χ4n) is 2.53. The van der Waals surface area contributed by atoms with Crippen molar-refractivity contribution in [3.8, 4) is 11.5 Å². The minimum atomic E-state index is -0.716. The van der Waals surface area contributed by atoms with Gasteiger partial charge in [0.2, 0.25) is 0 Å². The molecule has 0 saturated carbocycles. The van der Waals surface area contributed by atoms with Gasteiger partial charge in [-0.25, -0.2) is 9.97 Å². The van der Waals surface area contributed by atoms with Crippen LogP contribution in [-0.4, -0.2) is 45.8 Å². The summed E-state index contributed by atoms with van der Waals surface area (Å²) in [6.07, 6.45) is 3.89. The monoisotopic (exact) mass is 356 g/mol. The van der Waals surface area contributed by atoms with Gasteiger partial charge in [0.1, 0.15) is 17.7 Å². The van der Waals surface area contributed by atoms with Crippen LogP contribution in [0.15, 0.2) is 35.2 Å². The van der Waals surface area contributed by atoms with Crippen molar-refractivity contribution in [3.05, 3.63) is 42.2 Å². The first kappa shape index (κ1) is 17.6. The van der Waals surface area contributed by atoms with Crippen molar-refractivity contribution in [1.29, 1.82) is 0 Å². The molecule has 0 aliphatic heterocycles. The zero-order valence-electron chi connectivity index (χ0n) is 14.4. The second kappa shape index (κ2) is 7.79. The number of imidazole rings is 1. The number of furan rings is 1. The average molecular weight is 356 g/mol. The number of carbonyl (C=O) groups excluding carboxylic acids is 2. The number of nitrogens with two attached hydrogens (primary N) is 1. The van der Waals surface area contributed by atoms with Crippen LogP contribution >= 0.6 is 0 Å². The molecule has 3 heterocycles. The fourth-order valence-corrected chi connectivity index (χ4v) is 2.53. The van der Waals surface area contributed by atoms with Gasteiger partial charge in [-0.1, -0.05) is 6.92 Å². The number of fused-ring (bicyclic) bond motifs is 1. The highest BCUT2D eigenvalue weighted by Gasteiger charge is 2.20. The van der Waals surface area contributed by atoms with Crippen molar-refractivity contribution in [2.75, 3.05) is 19.6 Å². The van der Waals surface area contributed by atoms with Gasteiger partial charge in [0.15, 0.2) is 17.1 Å². The summed E-state index contributed by atoms with van der Waals surface area (Å²) in [6.45, 7) is 4.09. The molecule has 0 unspecified atom stereocenters. The van der Waals surface area contributed by atoms with E-state index in [-0.39, 0.29) is 22.9 Å². The van der Waals surface area contributed by atoms with E-state index in [0.717, 1.165) is 13.0 Å². The lowest BCUT2D eigenvalue weighted by molar-refractivity contribution is 0.0945. The summed E-state index contributed by atoms with van der Waals surface area (Å²) in [7, 11) is 0. The predicted molar refractivity (Wildman–Crippen MR) is 94.7 cm³/mol. The van der Waals surface area contributed by atoms with Crippen LogP contribution in [0.2, 0.25) is 0 Å². The molecule has 9 heteroatoms. The van der Waals surface area contributed by atoms with Gasteiger partial charge in [0, 0.05) is 13.1 Å². The molecule has 0 bridgehead atoms. The Morgan fingerprint density at radius 1 is 1.31 bits per heavy atom. The summed E-state index contributed by atoms with van der Waals surface area (Å²) in [5.74, 6) is -0.550. The number of hydrogen-bond donors (Lipinski definition) is 3. The molecule has 9 nitrogen and oxygen atoms in total. The Hall–Kier alpha value is -3.20. The third-order valence-electron chi connectivity index (χ3n) is 3.76. The number of carbonyl (C=O) groups is 2. The van der Waals surface area contributed by atoms with Gasteiger partial charge in [-0.3, -0.25) is 14.0 Å². The Balaban J connectivity index is 1.95. The predicted octanol–water partition coefficient (Wildman–Crippen LogP) is 0.818. The van der Waals surface area contributed by atoms with Crippen LogP contribution in [0.25, 0.3) is 17.1 Å². The molecule has 0 aliphatic rings. The molecule has 2 amide bonds. The fraction of sp³-hybridized carbons (Fsp3) is 0.294. The van der Waals surface area contributed by atoms with Crippen molar-refractivity contribution in [2.45, 2.75) is 13.3 Å². The van der Waals surface area contributed by atoms with E-state index in [9.17, 15) is 9.59 Å².